The standard InChI is InChI=1S/C37H34FN5O4S/c1-3-47-37(44)33-25-12-14-26(15-13-25)34(33)41-32-20-28(16-11-24-7-5-4-6-8-24)40-35(42-32)31-22-43(36-30(31)19-27(38)21-39-36)48(45,46)29-17-9-23(2)10-18-29/h4-10,17-22,25-26,33-34H,3,12-15H2,1-2H3,(H,40,41,42)/t25?,26?,33-,34-/m0/s1. The molecule has 3 saturated carbocycles. The molecule has 0 spiro atoms. The number of hydrogen-bond acceptors (Lipinski definition) is 8. The van der Waals surface area contributed by atoms with Gasteiger partial charge in [0.25, 0.3) is 10.0 Å². The highest BCUT2D eigenvalue weighted by atomic mass is 32.2. The van der Waals surface area contributed by atoms with Crippen molar-refractivity contribution in [1.29, 1.82) is 0 Å². The first-order valence-corrected chi connectivity index (χ1v) is 17.5. The van der Waals surface area contributed by atoms with Crippen molar-refractivity contribution in [3.8, 4) is 23.2 Å². The number of carbonyl (C=O) groups is 1. The zero-order valence-corrected chi connectivity index (χ0v) is 27.4. The number of hydrogen-bond donors (Lipinski definition) is 1. The Balaban J connectivity index is 1.37. The van der Waals surface area contributed by atoms with Crippen molar-refractivity contribution in [3.05, 3.63) is 102 Å². The van der Waals surface area contributed by atoms with Gasteiger partial charge in [0.1, 0.15) is 17.3 Å². The van der Waals surface area contributed by atoms with Gasteiger partial charge in [0.05, 0.1) is 23.6 Å². The van der Waals surface area contributed by atoms with Crippen molar-refractivity contribution in [3.63, 3.8) is 0 Å². The first-order chi connectivity index (χ1) is 23.2. The highest BCUT2D eigenvalue weighted by Gasteiger charge is 2.48. The number of pyridine rings is 1. The van der Waals surface area contributed by atoms with Crippen LogP contribution >= 0.6 is 0 Å². The monoisotopic (exact) mass is 663 g/mol. The molecule has 5 aromatic rings. The molecule has 11 heteroatoms. The molecule has 0 unspecified atom stereocenters. The van der Waals surface area contributed by atoms with Crippen LogP contribution in [0.5, 0.6) is 0 Å². The lowest BCUT2D eigenvalue weighted by Gasteiger charge is -2.47. The molecule has 3 fully saturated rings. The topological polar surface area (TPSA) is 116 Å². The molecule has 1 N–H and O–H groups in total. The Morgan fingerprint density at radius 1 is 1.00 bits per heavy atom. The highest BCUT2D eigenvalue weighted by molar-refractivity contribution is 7.90. The zero-order valence-electron chi connectivity index (χ0n) is 26.6. The molecule has 2 aromatic carbocycles. The number of aromatic nitrogens is 4. The number of esters is 1. The number of fused-ring (bicyclic) bond motifs is 4. The molecule has 3 aromatic heterocycles. The van der Waals surface area contributed by atoms with Gasteiger partial charge in [-0.25, -0.2) is 31.7 Å². The van der Waals surface area contributed by atoms with Crippen molar-refractivity contribution in [2.24, 2.45) is 17.8 Å². The van der Waals surface area contributed by atoms with Gasteiger partial charge in [-0.15, -0.1) is 0 Å². The quantitative estimate of drug-likeness (QED) is 0.158. The van der Waals surface area contributed by atoms with E-state index in [2.05, 4.69) is 22.1 Å². The lowest BCUT2D eigenvalue weighted by atomic mass is 9.61. The maximum Gasteiger partial charge on any atom is 0.311 e. The van der Waals surface area contributed by atoms with Crippen molar-refractivity contribution in [2.45, 2.75) is 50.5 Å². The summed E-state index contributed by atoms with van der Waals surface area (Å²) in [5.74, 6) is 6.10. The van der Waals surface area contributed by atoms with Gasteiger partial charge in [-0.05, 0) is 87.6 Å². The minimum absolute atomic E-state index is 0.0397. The Labute approximate surface area is 278 Å². The summed E-state index contributed by atoms with van der Waals surface area (Å²) in [4.78, 5) is 27.0. The predicted molar refractivity (Wildman–Crippen MR) is 180 cm³/mol. The van der Waals surface area contributed by atoms with Crippen molar-refractivity contribution in [1.82, 2.24) is 18.9 Å². The van der Waals surface area contributed by atoms with E-state index in [0.29, 0.717) is 18.1 Å². The van der Waals surface area contributed by atoms with Gasteiger partial charge in [-0.1, -0.05) is 41.8 Å². The summed E-state index contributed by atoms with van der Waals surface area (Å²) in [6.07, 6.45) is 6.30. The van der Waals surface area contributed by atoms with E-state index in [1.54, 1.807) is 18.2 Å². The lowest BCUT2D eigenvalue weighted by molar-refractivity contribution is -0.154. The zero-order chi connectivity index (χ0) is 33.4. The number of halogens is 1. The van der Waals surface area contributed by atoms with E-state index >= 15 is 0 Å². The molecular formula is C37H34FN5O4S. The maximum absolute atomic E-state index is 14.7. The third-order valence-corrected chi connectivity index (χ3v) is 11.0. The van der Waals surface area contributed by atoms with Crippen LogP contribution in [0.15, 0.2) is 84.0 Å². The van der Waals surface area contributed by atoms with E-state index in [9.17, 15) is 17.6 Å². The maximum atomic E-state index is 14.7. The van der Waals surface area contributed by atoms with E-state index < -0.39 is 15.8 Å². The fraction of sp³-hybridized carbons (Fsp3) is 0.297. The van der Waals surface area contributed by atoms with Crippen LogP contribution < -0.4 is 5.32 Å². The van der Waals surface area contributed by atoms with Gasteiger partial charge in [-0.2, -0.15) is 0 Å². The molecule has 3 aliphatic carbocycles. The third kappa shape index (κ3) is 6.04. The second-order valence-electron chi connectivity index (χ2n) is 12.4. The van der Waals surface area contributed by atoms with Gasteiger partial charge >= 0.3 is 5.97 Å². The first-order valence-electron chi connectivity index (χ1n) is 16.1. The summed E-state index contributed by atoms with van der Waals surface area (Å²) in [5, 5.41) is 3.77. The summed E-state index contributed by atoms with van der Waals surface area (Å²) in [7, 11) is -4.12. The molecule has 8 rings (SSSR count). The van der Waals surface area contributed by atoms with Crippen LogP contribution in [-0.2, 0) is 19.6 Å². The number of carbonyl (C=O) groups excluding carboxylic acids is 1. The number of rotatable bonds is 7. The summed E-state index contributed by atoms with van der Waals surface area (Å²) in [6.45, 7) is 3.98. The number of aryl methyl sites for hydroxylation is 1. The van der Waals surface area contributed by atoms with E-state index in [1.165, 1.54) is 24.4 Å². The van der Waals surface area contributed by atoms with Crippen LogP contribution in [0.4, 0.5) is 10.2 Å². The SMILES string of the molecule is CCOC(=O)[C@H]1C2CCC(CC2)[C@@H]1Nc1cc(C#Cc2ccccc2)nc(-c2cn(S(=O)(=O)c3ccc(C)cc3)c3ncc(F)cc23)n1. The van der Waals surface area contributed by atoms with E-state index in [1.807, 2.05) is 44.2 Å². The Bertz CT molecular complexity index is 2170. The average Bonchev–Trinajstić information content (AvgIpc) is 3.48. The number of anilines is 1. The van der Waals surface area contributed by atoms with Crippen LogP contribution in [0, 0.1) is 42.3 Å². The Morgan fingerprint density at radius 3 is 2.46 bits per heavy atom. The molecule has 9 nitrogen and oxygen atoms in total. The van der Waals surface area contributed by atoms with E-state index in [4.69, 9.17) is 14.7 Å². The molecule has 2 atom stereocenters. The van der Waals surface area contributed by atoms with Gasteiger partial charge in [0.2, 0.25) is 0 Å². The Hall–Kier alpha value is -5.08. The summed E-state index contributed by atoms with van der Waals surface area (Å²) in [6, 6.07) is 18.7. The number of benzene rings is 2. The molecule has 3 aliphatic rings. The minimum atomic E-state index is -4.12. The van der Waals surface area contributed by atoms with Crippen LogP contribution in [0.3, 0.4) is 0 Å². The van der Waals surface area contributed by atoms with Gasteiger partial charge in [0, 0.05) is 34.8 Å². The summed E-state index contributed by atoms with van der Waals surface area (Å²) >= 11 is 0. The van der Waals surface area contributed by atoms with E-state index in [-0.39, 0.29) is 57.1 Å². The first kappa shape index (κ1) is 31.5. The fourth-order valence-corrected chi connectivity index (χ4v) is 8.33. The molecule has 0 aliphatic heterocycles. The largest absolute Gasteiger partial charge is 0.466 e. The second kappa shape index (κ2) is 12.8. The van der Waals surface area contributed by atoms with Crippen molar-refractivity contribution < 1.29 is 22.3 Å². The summed E-state index contributed by atoms with van der Waals surface area (Å²) < 4.78 is 49.0. The van der Waals surface area contributed by atoms with Crippen LogP contribution in [0.2, 0.25) is 0 Å². The highest BCUT2D eigenvalue weighted by Crippen LogP contribution is 2.47. The van der Waals surface area contributed by atoms with Gasteiger partial charge < -0.3 is 10.1 Å². The van der Waals surface area contributed by atoms with Crippen molar-refractivity contribution >= 4 is 32.8 Å². The summed E-state index contributed by atoms with van der Waals surface area (Å²) in [5.41, 5.74) is 2.37. The van der Waals surface area contributed by atoms with Gasteiger partial charge in [0.15, 0.2) is 11.5 Å². The third-order valence-electron chi connectivity index (χ3n) is 9.32. The lowest BCUT2D eigenvalue weighted by Crippen LogP contribution is -2.52. The average molecular weight is 664 g/mol. The molecule has 0 saturated heterocycles. The molecule has 244 valence electrons. The number of nitrogens with zero attached hydrogens (tertiary/aromatic N) is 4. The Morgan fingerprint density at radius 2 is 1.73 bits per heavy atom. The Kier molecular flexibility index (Phi) is 8.43. The van der Waals surface area contributed by atoms with Crippen LogP contribution in [0.25, 0.3) is 22.4 Å². The van der Waals surface area contributed by atoms with E-state index in [0.717, 1.165) is 47.0 Å². The normalized spacial score (nSPS) is 20.2. The van der Waals surface area contributed by atoms with Crippen LogP contribution in [-0.4, -0.2) is 46.0 Å². The second-order valence-corrected chi connectivity index (χ2v) is 14.2. The van der Waals surface area contributed by atoms with Gasteiger partial charge in [-0.3, -0.25) is 4.79 Å². The smallest absolute Gasteiger partial charge is 0.311 e. The predicted octanol–water partition coefficient (Wildman–Crippen LogP) is 6.36. The fourth-order valence-electron chi connectivity index (χ4n) is 7.01. The molecule has 0 radical (unpaired) electrons. The van der Waals surface area contributed by atoms with Crippen LogP contribution in [0.1, 0.15) is 49.4 Å². The number of nitrogens with one attached hydrogen (secondary N) is 1. The molecular weight excluding hydrogens is 630 g/mol. The molecule has 2 bridgehead atoms. The minimum Gasteiger partial charge on any atom is -0.466 e. The van der Waals surface area contributed by atoms with Crippen molar-refractivity contribution in [2.75, 3.05) is 11.9 Å². The molecule has 3 heterocycles. The molecule has 48 heavy (non-hydrogen) atoms. The number of ether oxygens (including phenoxy) is 1. The molecule has 0 amide bonds.